The van der Waals surface area contributed by atoms with Gasteiger partial charge < -0.3 is 5.32 Å². The van der Waals surface area contributed by atoms with Crippen LogP contribution in [0.5, 0.6) is 0 Å². The van der Waals surface area contributed by atoms with E-state index in [1.807, 2.05) is 13.0 Å². The van der Waals surface area contributed by atoms with Gasteiger partial charge in [0.2, 0.25) is 0 Å². The molecule has 17 heavy (non-hydrogen) atoms. The molecule has 1 aliphatic rings. The van der Waals surface area contributed by atoms with E-state index in [1.54, 1.807) is 6.07 Å². The van der Waals surface area contributed by atoms with Gasteiger partial charge in [0.15, 0.2) is 0 Å². The van der Waals surface area contributed by atoms with E-state index in [4.69, 9.17) is 11.6 Å². The fourth-order valence-electron chi connectivity index (χ4n) is 2.59. The number of nitrogens with one attached hydrogen (secondary N) is 1. The molecule has 1 aromatic rings. The molecule has 0 heterocycles. The molecule has 0 radical (unpaired) electrons. The Morgan fingerprint density at radius 3 is 2.94 bits per heavy atom. The number of halogens is 2. The molecule has 94 valence electrons. The number of hydrogen-bond acceptors (Lipinski definition) is 1. The van der Waals surface area contributed by atoms with Gasteiger partial charge in [-0.05, 0) is 48.9 Å². The third kappa shape index (κ3) is 3.20. The van der Waals surface area contributed by atoms with E-state index in [0.29, 0.717) is 12.0 Å². The second kappa shape index (κ2) is 5.83. The molecule has 1 saturated carbocycles. The van der Waals surface area contributed by atoms with E-state index in [9.17, 15) is 4.39 Å². The Morgan fingerprint density at radius 1 is 1.41 bits per heavy atom. The highest BCUT2D eigenvalue weighted by Gasteiger charge is 2.25. The first-order chi connectivity index (χ1) is 8.20. The maximum atomic E-state index is 13.0. The number of alkyl halides is 1. The molecule has 0 spiro atoms. The molecule has 0 saturated heterocycles. The van der Waals surface area contributed by atoms with Crippen LogP contribution in [0.2, 0.25) is 0 Å². The van der Waals surface area contributed by atoms with Gasteiger partial charge in [-0.2, -0.15) is 0 Å². The molecule has 1 aliphatic carbocycles. The van der Waals surface area contributed by atoms with Crippen molar-refractivity contribution in [3.63, 3.8) is 0 Å². The summed E-state index contributed by atoms with van der Waals surface area (Å²) < 4.78 is 13.0. The van der Waals surface area contributed by atoms with Crippen molar-refractivity contribution in [2.45, 2.75) is 38.8 Å². The van der Waals surface area contributed by atoms with Gasteiger partial charge in [-0.15, -0.1) is 11.6 Å². The Morgan fingerprint density at radius 2 is 2.24 bits per heavy atom. The molecular formula is C14H19ClFN. The van der Waals surface area contributed by atoms with E-state index >= 15 is 0 Å². The number of rotatable bonds is 4. The molecule has 1 aromatic carbocycles. The molecular weight excluding hydrogens is 237 g/mol. The Balaban J connectivity index is 1.93. The standard InChI is InChI=1S/C14H19ClFN/c1-10-7-13(16)6-5-12(10)9-17-14-4-2-3-11(14)8-15/h5-7,11,14,17H,2-4,8-9H2,1H3. The molecule has 1 fully saturated rings. The highest BCUT2D eigenvalue weighted by Crippen LogP contribution is 2.27. The minimum atomic E-state index is -0.161. The van der Waals surface area contributed by atoms with Crippen molar-refractivity contribution in [2.75, 3.05) is 5.88 Å². The summed E-state index contributed by atoms with van der Waals surface area (Å²) in [6, 6.07) is 5.50. The molecule has 0 amide bonds. The molecule has 2 atom stereocenters. The predicted octanol–water partition coefficient (Wildman–Crippen LogP) is 3.63. The molecule has 0 aromatic heterocycles. The van der Waals surface area contributed by atoms with E-state index in [0.717, 1.165) is 18.0 Å². The topological polar surface area (TPSA) is 12.0 Å². The number of hydrogen-bond donors (Lipinski definition) is 1. The van der Waals surface area contributed by atoms with Crippen molar-refractivity contribution in [2.24, 2.45) is 5.92 Å². The van der Waals surface area contributed by atoms with Crippen molar-refractivity contribution < 1.29 is 4.39 Å². The van der Waals surface area contributed by atoms with Gasteiger partial charge in [0.25, 0.3) is 0 Å². The maximum Gasteiger partial charge on any atom is 0.123 e. The summed E-state index contributed by atoms with van der Waals surface area (Å²) in [7, 11) is 0. The maximum absolute atomic E-state index is 13.0. The van der Waals surface area contributed by atoms with Crippen LogP contribution in [0.25, 0.3) is 0 Å². The third-order valence-corrected chi connectivity index (χ3v) is 4.11. The molecule has 2 unspecified atom stereocenters. The summed E-state index contributed by atoms with van der Waals surface area (Å²) >= 11 is 5.95. The zero-order chi connectivity index (χ0) is 12.3. The second-order valence-corrected chi connectivity index (χ2v) is 5.21. The molecule has 1 N–H and O–H groups in total. The van der Waals surface area contributed by atoms with Gasteiger partial charge in [-0.25, -0.2) is 4.39 Å². The minimum absolute atomic E-state index is 0.161. The van der Waals surface area contributed by atoms with Crippen molar-refractivity contribution in [3.05, 3.63) is 35.1 Å². The highest BCUT2D eigenvalue weighted by atomic mass is 35.5. The van der Waals surface area contributed by atoms with Crippen LogP contribution in [0.3, 0.4) is 0 Å². The average Bonchev–Trinajstić information content (AvgIpc) is 2.75. The lowest BCUT2D eigenvalue weighted by Gasteiger charge is -2.19. The van der Waals surface area contributed by atoms with E-state index in [-0.39, 0.29) is 5.82 Å². The Bertz CT molecular complexity index is 380. The van der Waals surface area contributed by atoms with Crippen LogP contribution in [-0.2, 0) is 6.54 Å². The lowest BCUT2D eigenvalue weighted by molar-refractivity contribution is 0.429. The van der Waals surface area contributed by atoms with Crippen molar-refractivity contribution in [1.29, 1.82) is 0 Å². The Kier molecular flexibility index (Phi) is 4.41. The summed E-state index contributed by atoms with van der Waals surface area (Å²) in [5, 5.41) is 3.55. The van der Waals surface area contributed by atoms with Gasteiger partial charge in [0.05, 0.1) is 0 Å². The van der Waals surface area contributed by atoms with Crippen molar-refractivity contribution in [1.82, 2.24) is 5.32 Å². The van der Waals surface area contributed by atoms with E-state index in [1.165, 1.54) is 30.9 Å². The molecule has 1 nitrogen and oxygen atoms in total. The molecule has 0 aliphatic heterocycles. The van der Waals surface area contributed by atoms with Crippen molar-refractivity contribution >= 4 is 11.6 Å². The first-order valence-electron chi connectivity index (χ1n) is 6.25. The lowest BCUT2D eigenvalue weighted by atomic mass is 10.0. The summed E-state index contributed by atoms with van der Waals surface area (Å²) in [6.07, 6.45) is 3.69. The van der Waals surface area contributed by atoms with Gasteiger partial charge in [0, 0.05) is 18.5 Å². The van der Waals surface area contributed by atoms with Gasteiger partial charge >= 0.3 is 0 Å². The van der Waals surface area contributed by atoms with Gasteiger partial charge in [-0.3, -0.25) is 0 Å². The first-order valence-corrected chi connectivity index (χ1v) is 6.78. The SMILES string of the molecule is Cc1cc(F)ccc1CNC1CCCC1CCl. The zero-order valence-corrected chi connectivity index (χ0v) is 10.9. The molecule has 2 rings (SSSR count). The predicted molar refractivity (Wildman–Crippen MR) is 69.8 cm³/mol. The quantitative estimate of drug-likeness (QED) is 0.811. The Hall–Kier alpha value is -0.600. The fraction of sp³-hybridized carbons (Fsp3) is 0.571. The monoisotopic (exact) mass is 255 g/mol. The smallest absolute Gasteiger partial charge is 0.123 e. The normalized spacial score (nSPS) is 24.2. The minimum Gasteiger partial charge on any atom is -0.310 e. The van der Waals surface area contributed by atoms with Crippen LogP contribution in [0.15, 0.2) is 18.2 Å². The van der Waals surface area contributed by atoms with Gasteiger partial charge in [0.1, 0.15) is 5.82 Å². The zero-order valence-electron chi connectivity index (χ0n) is 10.2. The van der Waals surface area contributed by atoms with Gasteiger partial charge in [-0.1, -0.05) is 12.5 Å². The van der Waals surface area contributed by atoms with Crippen LogP contribution in [0.4, 0.5) is 4.39 Å². The lowest BCUT2D eigenvalue weighted by Crippen LogP contribution is -2.32. The fourth-order valence-corrected chi connectivity index (χ4v) is 2.96. The van der Waals surface area contributed by atoms with Crippen LogP contribution in [-0.4, -0.2) is 11.9 Å². The van der Waals surface area contributed by atoms with Crippen LogP contribution >= 0.6 is 11.6 Å². The summed E-state index contributed by atoms with van der Waals surface area (Å²) in [6.45, 7) is 2.76. The van der Waals surface area contributed by atoms with Crippen LogP contribution < -0.4 is 5.32 Å². The van der Waals surface area contributed by atoms with E-state index in [2.05, 4.69) is 5.32 Å². The summed E-state index contributed by atoms with van der Waals surface area (Å²) in [5.41, 5.74) is 2.18. The first kappa shape index (κ1) is 12.8. The second-order valence-electron chi connectivity index (χ2n) is 4.90. The van der Waals surface area contributed by atoms with E-state index < -0.39 is 0 Å². The largest absolute Gasteiger partial charge is 0.310 e. The Labute approximate surface area is 107 Å². The number of aryl methyl sites for hydroxylation is 1. The van der Waals surface area contributed by atoms with Crippen LogP contribution in [0.1, 0.15) is 30.4 Å². The number of benzene rings is 1. The highest BCUT2D eigenvalue weighted by molar-refractivity contribution is 6.18. The summed E-state index contributed by atoms with van der Waals surface area (Å²) in [4.78, 5) is 0. The third-order valence-electron chi connectivity index (χ3n) is 3.72. The average molecular weight is 256 g/mol. The summed E-state index contributed by atoms with van der Waals surface area (Å²) in [5.74, 6) is 1.17. The van der Waals surface area contributed by atoms with Crippen molar-refractivity contribution in [3.8, 4) is 0 Å². The molecule has 3 heteroatoms. The molecule has 0 bridgehead atoms. The van der Waals surface area contributed by atoms with Crippen LogP contribution in [0, 0.1) is 18.7 Å².